The van der Waals surface area contributed by atoms with Crippen LogP contribution >= 0.6 is 23.2 Å². The predicted molar refractivity (Wildman–Crippen MR) is 59.9 cm³/mol. The Kier molecular flexibility index (Phi) is 3.98. The van der Waals surface area contributed by atoms with Crippen LogP contribution in [-0.2, 0) is 4.79 Å². The minimum absolute atomic E-state index is 0.203. The van der Waals surface area contributed by atoms with E-state index in [1.165, 1.54) is 6.08 Å². The average molecular weight is 230 g/mol. The van der Waals surface area contributed by atoms with Crippen LogP contribution in [0.5, 0.6) is 0 Å². The van der Waals surface area contributed by atoms with Gasteiger partial charge in [0.2, 0.25) is 5.91 Å². The molecule has 1 amide bonds. The van der Waals surface area contributed by atoms with Gasteiger partial charge in [-0.3, -0.25) is 4.79 Å². The zero-order valence-electron chi connectivity index (χ0n) is 7.55. The quantitative estimate of drug-likeness (QED) is 0.774. The molecule has 0 aliphatic rings. The number of amides is 1. The first kappa shape index (κ1) is 11.1. The highest BCUT2D eigenvalue weighted by Crippen LogP contribution is 2.22. The molecule has 1 aromatic rings. The third kappa shape index (κ3) is 3.40. The summed E-state index contributed by atoms with van der Waals surface area (Å²) in [6.07, 6.45) is 3.08. The summed E-state index contributed by atoms with van der Waals surface area (Å²) >= 11 is 11.5. The van der Waals surface area contributed by atoms with Crippen molar-refractivity contribution in [2.24, 2.45) is 0 Å². The monoisotopic (exact) mass is 229 g/mol. The molecule has 0 aliphatic heterocycles. The summed E-state index contributed by atoms with van der Waals surface area (Å²) in [5, 5.41) is 3.62. The molecule has 74 valence electrons. The summed E-state index contributed by atoms with van der Waals surface area (Å²) in [6.45, 7) is 1.77. The molecule has 0 bridgehead atoms. The number of halogens is 2. The zero-order chi connectivity index (χ0) is 10.6. The van der Waals surface area contributed by atoms with E-state index >= 15 is 0 Å². The highest BCUT2D eigenvalue weighted by molar-refractivity contribution is 6.35. The number of anilines is 1. The Morgan fingerprint density at radius 1 is 1.29 bits per heavy atom. The van der Waals surface area contributed by atoms with Crippen LogP contribution in [-0.4, -0.2) is 5.91 Å². The van der Waals surface area contributed by atoms with Crippen molar-refractivity contribution in [2.45, 2.75) is 6.92 Å². The van der Waals surface area contributed by atoms with Gasteiger partial charge in [0.15, 0.2) is 0 Å². The molecule has 0 saturated carbocycles. The van der Waals surface area contributed by atoms with Crippen molar-refractivity contribution in [3.8, 4) is 0 Å². The molecule has 0 aliphatic carbocycles. The van der Waals surface area contributed by atoms with Crippen molar-refractivity contribution in [1.29, 1.82) is 0 Å². The molecule has 4 heteroatoms. The molecule has 0 atom stereocenters. The SMILES string of the molecule is CC=CC(=O)Nc1cc(Cl)cc(Cl)c1. The predicted octanol–water partition coefficient (Wildman–Crippen LogP) is 3.51. The molecule has 0 unspecified atom stereocenters. The second kappa shape index (κ2) is 5.03. The number of allylic oxidation sites excluding steroid dienone is 1. The minimum Gasteiger partial charge on any atom is -0.322 e. The maximum absolute atomic E-state index is 11.2. The number of carbonyl (C=O) groups is 1. The summed E-state index contributed by atoms with van der Waals surface area (Å²) in [6, 6.07) is 4.87. The number of benzene rings is 1. The Morgan fingerprint density at radius 2 is 1.86 bits per heavy atom. The number of hydrogen-bond acceptors (Lipinski definition) is 1. The molecule has 0 aromatic heterocycles. The van der Waals surface area contributed by atoms with Gasteiger partial charge in [0.05, 0.1) is 0 Å². The van der Waals surface area contributed by atoms with E-state index in [1.807, 2.05) is 0 Å². The molecular weight excluding hydrogens is 221 g/mol. The Labute approximate surface area is 92.5 Å². The van der Waals surface area contributed by atoms with Crippen LogP contribution in [0.3, 0.4) is 0 Å². The van der Waals surface area contributed by atoms with Crippen LogP contribution < -0.4 is 5.32 Å². The van der Waals surface area contributed by atoms with Crippen LogP contribution in [0.4, 0.5) is 5.69 Å². The highest BCUT2D eigenvalue weighted by Gasteiger charge is 2.00. The second-order valence-electron chi connectivity index (χ2n) is 2.65. The van der Waals surface area contributed by atoms with Crippen LogP contribution in [0.1, 0.15) is 6.92 Å². The Balaban J connectivity index is 2.81. The fourth-order valence-corrected chi connectivity index (χ4v) is 1.49. The molecule has 1 aromatic carbocycles. The van der Waals surface area contributed by atoms with Crippen molar-refractivity contribution in [3.63, 3.8) is 0 Å². The average Bonchev–Trinajstić information content (AvgIpc) is 2.01. The van der Waals surface area contributed by atoms with Gasteiger partial charge in [0.1, 0.15) is 0 Å². The normalized spacial score (nSPS) is 10.5. The number of nitrogens with one attached hydrogen (secondary N) is 1. The van der Waals surface area contributed by atoms with Crippen molar-refractivity contribution in [1.82, 2.24) is 0 Å². The first-order valence-corrected chi connectivity index (χ1v) is 4.77. The lowest BCUT2D eigenvalue weighted by Crippen LogP contribution is -2.07. The topological polar surface area (TPSA) is 29.1 Å². The van der Waals surface area contributed by atoms with Crippen molar-refractivity contribution in [2.75, 3.05) is 5.32 Å². The standard InChI is InChI=1S/C10H9Cl2NO/c1-2-3-10(14)13-9-5-7(11)4-8(12)6-9/h2-6H,1H3,(H,13,14). The van der Waals surface area contributed by atoms with Crippen LogP contribution in [0.15, 0.2) is 30.4 Å². The van der Waals surface area contributed by atoms with E-state index in [2.05, 4.69) is 5.32 Å². The maximum Gasteiger partial charge on any atom is 0.248 e. The van der Waals surface area contributed by atoms with Gasteiger partial charge < -0.3 is 5.32 Å². The number of hydrogen-bond donors (Lipinski definition) is 1. The Hall–Kier alpha value is -0.990. The van der Waals surface area contributed by atoms with Gasteiger partial charge in [-0.25, -0.2) is 0 Å². The molecule has 0 heterocycles. The van der Waals surface area contributed by atoms with E-state index in [4.69, 9.17) is 23.2 Å². The first-order valence-electron chi connectivity index (χ1n) is 4.01. The van der Waals surface area contributed by atoms with Crippen molar-refractivity contribution < 1.29 is 4.79 Å². The molecule has 14 heavy (non-hydrogen) atoms. The van der Waals surface area contributed by atoms with Crippen molar-refractivity contribution in [3.05, 3.63) is 40.4 Å². The number of rotatable bonds is 2. The molecule has 2 nitrogen and oxygen atoms in total. The van der Waals surface area contributed by atoms with E-state index in [9.17, 15) is 4.79 Å². The van der Waals surface area contributed by atoms with Crippen LogP contribution in [0.2, 0.25) is 10.0 Å². The van der Waals surface area contributed by atoms with Gasteiger partial charge in [-0.1, -0.05) is 29.3 Å². The third-order valence-corrected chi connectivity index (χ3v) is 1.88. The van der Waals surface area contributed by atoms with Gasteiger partial charge in [-0.15, -0.1) is 0 Å². The first-order chi connectivity index (χ1) is 6.61. The van der Waals surface area contributed by atoms with Gasteiger partial charge in [-0.2, -0.15) is 0 Å². The van der Waals surface area contributed by atoms with E-state index < -0.39 is 0 Å². The van der Waals surface area contributed by atoms with Crippen LogP contribution in [0.25, 0.3) is 0 Å². The van der Waals surface area contributed by atoms with Gasteiger partial charge in [0, 0.05) is 15.7 Å². The van der Waals surface area contributed by atoms with Crippen molar-refractivity contribution >= 4 is 34.8 Å². The molecule has 0 spiro atoms. The van der Waals surface area contributed by atoms with E-state index in [1.54, 1.807) is 31.2 Å². The third-order valence-electron chi connectivity index (χ3n) is 1.45. The molecule has 0 fully saturated rings. The molecule has 1 N–H and O–H groups in total. The summed E-state index contributed by atoms with van der Waals surface area (Å²) in [7, 11) is 0. The van der Waals surface area contributed by atoms with Crippen LogP contribution in [0, 0.1) is 0 Å². The van der Waals surface area contributed by atoms with E-state index in [0.29, 0.717) is 15.7 Å². The second-order valence-corrected chi connectivity index (χ2v) is 3.52. The Morgan fingerprint density at radius 3 is 2.36 bits per heavy atom. The largest absolute Gasteiger partial charge is 0.322 e. The number of carbonyl (C=O) groups excluding carboxylic acids is 1. The van der Waals surface area contributed by atoms with Gasteiger partial charge in [0.25, 0.3) is 0 Å². The summed E-state index contributed by atoms with van der Waals surface area (Å²) in [4.78, 5) is 11.2. The summed E-state index contributed by atoms with van der Waals surface area (Å²) in [5.41, 5.74) is 0.589. The summed E-state index contributed by atoms with van der Waals surface area (Å²) < 4.78 is 0. The minimum atomic E-state index is -0.203. The maximum atomic E-state index is 11.2. The van der Waals surface area contributed by atoms with Gasteiger partial charge in [-0.05, 0) is 31.2 Å². The fraction of sp³-hybridized carbons (Fsp3) is 0.100. The fourth-order valence-electron chi connectivity index (χ4n) is 0.961. The Bertz CT molecular complexity index is 354. The highest BCUT2D eigenvalue weighted by atomic mass is 35.5. The van der Waals surface area contributed by atoms with E-state index in [-0.39, 0.29) is 5.91 Å². The lowest BCUT2D eigenvalue weighted by atomic mass is 10.3. The molecule has 0 radical (unpaired) electrons. The summed E-state index contributed by atoms with van der Waals surface area (Å²) in [5.74, 6) is -0.203. The van der Waals surface area contributed by atoms with E-state index in [0.717, 1.165) is 0 Å². The van der Waals surface area contributed by atoms with Gasteiger partial charge >= 0.3 is 0 Å². The molecule has 0 saturated heterocycles. The smallest absolute Gasteiger partial charge is 0.248 e. The lowest BCUT2D eigenvalue weighted by Gasteiger charge is -2.03. The zero-order valence-corrected chi connectivity index (χ0v) is 9.06. The lowest BCUT2D eigenvalue weighted by molar-refractivity contribution is -0.111. The molecular formula is C10H9Cl2NO. The molecule has 1 rings (SSSR count).